The van der Waals surface area contributed by atoms with E-state index in [1.165, 1.54) is 0 Å². The lowest BCUT2D eigenvalue weighted by atomic mass is 9.80. The van der Waals surface area contributed by atoms with Gasteiger partial charge >= 0.3 is 7.12 Å². The minimum absolute atomic E-state index is 0.464. The molecule has 0 radical (unpaired) electrons. The number of hydrogen-bond acceptors (Lipinski definition) is 3. The van der Waals surface area contributed by atoms with Crippen LogP contribution in [0.25, 0.3) is 0 Å². The molecule has 3 nitrogen and oxygen atoms in total. The molecule has 1 rings (SSSR count). The topological polar surface area (TPSA) is 52.5 Å². The molecule has 0 saturated carbocycles. The standard InChI is InChI=1S/C9H12BNO2/c1-7(2)11-9-5-3-4-8(6-9)10(12)13/h3-6,11-13H,1H2,2H3. The molecule has 13 heavy (non-hydrogen) atoms. The van der Waals surface area contributed by atoms with Gasteiger partial charge in [0.2, 0.25) is 0 Å². The van der Waals surface area contributed by atoms with Crippen molar-refractivity contribution in [3.05, 3.63) is 36.5 Å². The summed E-state index contributed by atoms with van der Waals surface area (Å²) in [5, 5.41) is 20.8. The average Bonchev–Trinajstić information content (AvgIpc) is 2.03. The highest BCUT2D eigenvalue weighted by atomic mass is 16.4. The van der Waals surface area contributed by atoms with E-state index < -0.39 is 7.12 Å². The highest BCUT2D eigenvalue weighted by Gasteiger charge is 2.10. The fraction of sp³-hybridized carbons (Fsp3) is 0.111. The van der Waals surface area contributed by atoms with Crippen LogP contribution in [-0.2, 0) is 0 Å². The molecule has 0 atom stereocenters. The van der Waals surface area contributed by atoms with E-state index in [1.807, 2.05) is 13.0 Å². The van der Waals surface area contributed by atoms with E-state index in [9.17, 15) is 0 Å². The Labute approximate surface area is 77.9 Å². The molecule has 0 aliphatic carbocycles. The largest absolute Gasteiger partial charge is 0.488 e. The first-order valence-electron chi connectivity index (χ1n) is 3.98. The normalized spacial score (nSPS) is 9.46. The number of hydrogen-bond donors (Lipinski definition) is 3. The van der Waals surface area contributed by atoms with Crippen molar-refractivity contribution in [3.8, 4) is 0 Å². The Balaban J connectivity index is 2.85. The number of nitrogens with one attached hydrogen (secondary N) is 1. The zero-order valence-electron chi connectivity index (χ0n) is 7.49. The molecule has 0 fully saturated rings. The molecule has 1 aromatic rings. The lowest BCUT2D eigenvalue weighted by molar-refractivity contribution is 0.426. The predicted molar refractivity (Wildman–Crippen MR) is 54.7 cm³/mol. The van der Waals surface area contributed by atoms with Crippen LogP contribution in [-0.4, -0.2) is 17.2 Å². The Kier molecular flexibility index (Phi) is 3.11. The maximum Gasteiger partial charge on any atom is 0.488 e. The molecule has 0 bridgehead atoms. The van der Waals surface area contributed by atoms with Gasteiger partial charge in [0.25, 0.3) is 0 Å². The van der Waals surface area contributed by atoms with E-state index in [0.717, 1.165) is 11.4 Å². The van der Waals surface area contributed by atoms with E-state index in [2.05, 4.69) is 11.9 Å². The first-order valence-corrected chi connectivity index (χ1v) is 3.98. The van der Waals surface area contributed by atoms with Crippen molar-refractivity contribution in [3.63, 3.8) is 0 Å². The van der Waals surface area contributed by atoms with Gasteiger partial charge in [-0.3, -0.25) is 0 Å². The summed E-state index contributed by atoms with van der Waals surface area (Å²) in [6.07, 6.45) is 0. The number of anilines is 1. The van der Waals surface area contributed by atoms with Crippen molar-refractivity contribution in [1.29, 1.82) is 0 Å². The van der Waals surface area contributed by atoms with Gasteiger partial charge in [0.15, 0.2) is 0 Å². The fourth-order valence-electron chi connectivity index (χ4n) is 1.02. The first-order chi connectivity index (χ1) is 6.09. The van der Waals surface area contributed by atoms with Crippen molar-refractivity contribution < 1.29 is 10.0 Å². The molecule has 0 spiro atoms. The highest BCUT2D eigenvalue weighted by molar-refractivity contribution is 6.58. The second kappa shape index (κ2) is 4.12. The van der Waals surface area contributed by atoms with Gasteiger partial charge in [-0.1, -0.05) is 18.7 Å². The summed E-state index contributed by atoms with van der Waals surface area (Å²) in [6, 6.07) is 6.90. The molecule has 4 heteroatoms. The van der Waals surface area contributed by atoms with Crippen LogP contribution in [0.1, 0.15) is 6.92 Å². The van der Waals surface area contributed by atoms with Crippen molar-refractivity contribution in [1.82, 2.24) is 0 Å². The van der Waals surface area contributed by atoms with Crippen LogP contribution < -0.4 is 10.8 Å². The maximum absolute atomic E-state index is 8.89. The number of allylic oxidation sites excluding steroid dienone is 1. The van der Waals surface area contributed by atoms with Crippen LogP contribution in [0, 0.1) is 0 Å². The monoisotopic (exact) mass is 177 g/mol. The van der Waals surface area contributed by atoms with Crippen molar-refractivity contribution in [2.45, 2.75) is 6.92 Å². The Morgan fingerprint density at radius 2 is 2.15 bits per heavy atom. The van der Waals surface area contributed by atoms with Crippen LogP contribution in [0.15, 0.2) is 36.5 Å². The van der Waals surface area contributed by atoms with Gasteiger partial charge in [0.05, 0.1) is 0 Å². The molecule has 0 aliphatic heterocycles. The summed E-state index contributed by atoms with van der Waals surface area (Å²) in [5.74, 6) is 0. The number of rotatable bonds is 3. The second-order valence-corrected chi connectivity index (χ2v) is 2.90. The van der Waals surface area contributed by atoms with Gasteiger partial charge < -0.3 is 15.4 Å². The highest BCUT2D eigenvalue weighted by Crippen LogP contribution is 2.06. The van der Waals surface area contributed by atoms with Gasteiger partial charge in [-0.05, 0) is 24.5 Å². The summed E-state index contributed by atoms with van der Waals surface area (Å²) >= 11 is 0. The van der Waals surface area contributed by atoms with Crippen LogP contribution in [0.3, 0.4) is 0 Å². The molecule has 0 aliphatic rings. The molecule has 3 N–H and O–H groups in total. The maximum atomic E-state index is 8.89. The van der Waals surface area contributed by atoms with Crippen LogP contribution >= 0.6 is 0 Å². The minimum atomic E-state index is -1.42. The van der Waals surface area contributed by atoms with Gasteiger partial charge in [-0.25, -0.2) is 0 Å². The van der Waals surface area contributed by atoms with E-state index in [1.54, 1.807) is 18.2 Å². The number of benzene rings is 1. The zero-order chi connectivity index (χ0) is 9.84. The van der Waals surface area contributed by atoms with Gasteiger partial charge in [0, 0.05) is 11.4 Å². The van der Waals surface area contributed by atoms with Crippen molar-refractivity contribution in [2.75, 3.05) is 5.32 Å². The molecule has 0 amide bonds. The summed E-state index contributed by atoms with van der Waals surface area (Å²) in [7, 11) is -1.42. The van der Waals surface area contributed by atoms with Gasteiger partial charge in [-0.15, -0.1) is 0 Å². The Morgan fingerprint density at radius 3 is 2.69 bits per heavy atom. The third kappa shape index (κ3) is 2.93. The molecular weight excluding hydrogens is 165 g/mol. The summed E-state index contributed by atoms with van der Waals surface area (Å²) < 4.78 is 0. The average molecular weight is 177 g/mol. The van der Waals surface area contributed by atoms with E-state index in [4.69, 9.17) is 10.0 Å². The molecule has 0 unspecified atom stereocenters. The molecule has 68 valence electrons. The Morgan fingerprint density at radius 1 is 1.46 bits per heavy atom. The Bertz CT molecular complexity index is 312. The summed E-state index contributed by atoms with van der Waals surface area (Å²) in [6.45, 7) is 5.52. The SMILES string of the molecule is C=C(C)Nc1cccc(B(O)O)c1. The smallest absolute Gasteiger partial charge is 0.423 e. The van der Waals surface area contributed by atoms with Crippen molar-refractivity contribution >= 4 is 18.3 Å². The summed E-state index contributed by atoms with van der Waals surface area (Å²) in [4.78, 5) is 0. The molecule has 0 saturated heterocycles. The van der Waals surface area contributed by atoms with E-state index in [0.29, 0.717) is 5.46 Å². The fourth-order valence-corrected chi connectivity index (χ4v) is 1.02. The van der Waals surface area contributed by atoms with Crippen LogP contribution in [0.2, 0.25) is 0 Å². The predicted octanol–water partition coefficient (Wildman–Crippen LogP) is 0.312. The lowest BCUT2D eigenvalue weighted by Gasteiger charge is -2.06. The van der Waals surface area contributed by atoms with Gasteiger partial charge in [0.1, 0.15) is 0 Å². The van der Waals surface area contributed by atoms with Crippen LogP contribution in [0.4, 0.5) is 5.69 Å². The van der Waals surface area contributed by atoms with Crippen LogP contribution in [0.5, 0.6) is 0 Å². The van der Waals surface area contributed by atoms with E-state index in [-0.39, 0.29) is 0 Å². The summed E-state index contributed by atoms with van der Waals surface area (Å²) in [5.41, 5.74) is 2.08. The molecule has 1 aromatic carbocycles. The van der Waals surface area contributed by atoms with E-state index >= 15 is 0 Å². The second-order valence-electron chi connectivity index (χ2n) is 2.90. The van der Waals surface area contributed by atoms with Gasteiger partial charge in [-0.2, -0.15) is 0 Å². The molecular formula is C9H12BNO2. The third-order valence-electron chi connectivity index (χ3n) is 1.54. The zero-order valence-corrected chi connectivity index (χ0v) is 7.49. The molecule has 0 heterocycles. The molecule has 0 aromatic heterocycles. The minimum Gasteiger partial charge on any atom is -0.423 e. The van der Waals surface area contributed by atoms with Crippen molar-refractivity contribution in [2.24, 2.45) is 0 Å². The lowest BCUT2D eigenvalue weighted by Crippen LogP contribution is -2.29. The quantitative estimate of drug-likeness (QED) is 0.582. The first kappa shape index (κ1) is 9.83. The Hall–Kier alpha value is -1.26. The third-order valence-corrected chi connectivity index (χ3v) is 1.54.